The van der Waals surface area contributed by atoms with Crippen molar-refractivity contribution in [3.8, 4) is 0 Å². The highest BCUT2D eigenvalue weighted by atomic mass is 127. The fourth-order valence-corrected chi connectivity index (χ4v) is 3.22. The molecule has 0 aliphatic heterocycles. The fourth-order valence-electron chi connectivity index (χ4n) is 1.90. The lowest BCUT2D eigenvalue weighted by molar-refractivity contribution is 0.550. The van der Waals surface area contributed by atoms with Gasteiger partial charge in [0, 0.05) is 13.1 Å². The van der Waals surface area contributed by atoms with Crippen molar-refractivity contribution in [1.82, 2.24) is 5.43 Å². The molecule has 100 valence electrons. The number of hydrogen-bond donors (Lipinski definition) is 2. The van der Waals surface area contributed by atoms with E-state index in [2.05, 4.69) is 68.2 Å². The number of nitrogens with two attached hydrogens (primary N) is 1. The number of benzene rings is 2. The monoisotopic (exact) mass is 450 g/mol. The van der Waals surface area contributed by atoms with Crippen LogP contribution in [0, 0.1) is 3.57 Å². The van der Waals surface area contributed by atoms with E-state index in [9.17, 15) is 0 Å². The summed E-state index contributed by atoms with van der Waals surface area (Å²) in [5, 5.41) is 0.709. The topological polar surface area (TPSA) is 38.0 Å². The molecule has 0 aromatic heterocycles. The second-order valence-electron chi connectivity index (χ2n) is 4.22. The van der Waals surface area contributed by atoms with E-state index in [0.29, 0.717) is 5.02 Å². The van der Waals surface area contributed by atoms with Crippen LogP contribution in [0.2, 0.25) is 5.02 Å². The van der Waals surface area contributed by atoms with Crippen LogP contribution in [-0.4, -0.2) is 0 Å². The van der Waals surface area contributed by atoms with Crippen molar-refractivity contribution in [2.24, 2.45) is 5.84 Å². The van der Waals surface area contributed by atoms with Crippen LogP contribution < -0.4 is 11.3 Å². The van der Waals surface area contributed by atoms with E-state index in [4.69, 9.17) is 17.4 Å². The van der Waals surface area contributed by atoms with E-state index >= 15 is 0 Å². The van der Waals surface area contributed by atoms with Crippen LogP contribution >= 0.6 is 50.1 Å². The second-order valence-corrected chi connectivity index (χ2v) is 6.75. The average molecular weight is 452 g/mol. The molecule has 0 bridgehead atoms. The minimum absolute atomic E-state index is 0.0479. The lowest BCUT2D eigenvalue weighted by Gasteiger charge is -2.18. The van der Waals surface area contributed by atoms with E-state index in [1.165, 1.54) is 9.13 Å². The first-order valence-corrected chi connectivity index (χ1v) is 8.00. The van der Waals surface area contributed by atoms with Gasteiger partial charge >= 0.3 is 0 Å². The summed E-state index contributed by atoms with van der Waals surface area (Å²) in [6, 6.07) is 14.2. The molecule has 2 nitrogen and oxygen atoms in total. The van der Waals surface area contributed by atoms with E-state index in [1.54, 1.807) is 0 Å². The summed E-state index contributed by atoms with van der Waals surface area (Å²) in [4.78, 5) is 0. The van der Waals surface area contributed by atoms with Gasteiger partial charge in [0.25, 0.3) is 0 Å². The molecule has 5 heteroatoms. The minimum atomic E-state index is 0.0479. The molecule has 0 amide bonds. The first-order valence-electron chi connectivity index (χ1n) is 5.75. The average Bonchev–Trinajstić information content (AvgIpc) is 2.39. The molecule has 0 radical (unpaired) electrons. The van der Waals surface area contributed by atoms with Gasteiger partial charge in [-0.25, -0.2) is 0 Å². The Morgan fingerprint density at radius 3 is 2.47 bits per heavy atom. The summed E-state index contributed by atoms with van der Waals surface area (Å²) in [7, 11) is 0. The molecule has 0 spiro atoms. The Hall–Kier alpha value is -0.140. The normalized spacial score (nSPS) is 12.4. The third kappa shape index (κ3) is 4.16. The van der Waals surface area contributed by atoms with E-state index < -0.39 is 0 Å². The Morgan fingerprint density at radius 1 is 1.21 bits per heavy atom. The third-order valence-corrected chi connectivity index (χ3v) is 4.53. The van der Waals surface area contributed by atoms with Gasteiger partial charge in [-0.15, -0.1) is 0 Å². The third-order valence-electron chi connectivity index (χ3n) is 2.89. The van der Waals surface area contributed by atoms with E-state index in [-0.39, 0.29) is 6.04 Å². The largest absolute Gasteiger partial charge is 0.271 e. The number of hydrazine groups is 1. The van der Waals surface area contributed by atoms with Crippen LogP contribution in [0.5, 0.6) is 0 Å². The number of hydrogen-bond acceptors (Lipinski definition) is 2. The van der Waals surface area contributed by atoms with Crippen LogP contribution in [0.4, 0.5) is 0 Å². The Labute approximate surface area is 140 Å². The summed E-state index contributed by atoms with van der Waals surface area (Å²) >= 11 is 11.8. The maximum Gasteiger partial charge on any atom is 0.0511 e. The molecule has 0 heterocycles. The lowest BCUT2D eigenvalue weighted by atomic mass is 9.99. The van der Waals surface area contributed by atoms with Crippen molar-refractivity contribution in [1.29, 1.82) is 0 Å². The van der Waals surface area contributed by atoms with Crippen LogP contribution in [0.3, 0.4) is 0 Å². The molecule has 0 aliphatic carbocycles. The highest BCUT2D eigenvalue weighted by Gasteiger charge is 2.14. The van der Waals surface area contributed by atoms with Crippen molar-refractivity contribution in [3.63, 3.8) is 0 Å². The van der Waals surface area contributed by atoms with Gasteiger partial charge in [0.05, 0.1) is 6.04 Å². The Balaban J connectivity index is 2.22. The molecule has 1 atom stereocenters. The number of halogens is 3. The van der Waals surface area contributed by atoms with Gasteiger partial charge in [0.15, 0.2) is 0 Å². The fraction of sp³-hybridized carbons (Fsp3) is 0.143. The zero-order valence-corrected chi connectivity index (χ0v) is 14.5. The van der Waals surface area contributed by atoms with Gasteiger partial charge in [-0.05, 0) is 64.4 Å². The molecule has 1 unspecified atom stereocenters. The summed E-state index contributed by atoms with van der Waals surface area (Å²) in [5.74, 6) is 5.68. The van der Waals surface area contributed by atoms with E-state index in [0.717, 1.165) is 16.5 Å². The molecule has 19 heavy (non-hydrogen) atoms. The first kappa shape index (κ1) is 15.3. The molecule has 2 rings (SSSR count). The van der Waals surface area contributed by atoms with Crippen LogP contribution in [0.15, 0.2) is 46.9 Å². The molecule has 2 aromatic carbocycles. The molecule has 0 saturated heterocycles. The van der Waals surface area contributed by atoms with Gasteiger partial charge in [-0.2, -0.15) is 0 Å². The molecular formula is C14H13BrClIN2. The quantitative estimate of drug-likeness (QED) is 0.409. The zero-order valence-electron chi connectivity index (χ0n) is 10.0. The van der Waals surface area contributed by atoms with Crippen LogP contribution in [0.25, 0.3) is 0 Å². The highest BCUT2D eigenvalue weighted by molar-refractivity contribution is 14.1. The summed E-state index contributed by atoms with van der Waals surface area (Å²) < 4.78 is 2.19. The van der Waals surface area contributed by atoms with Gasteiger partial charge in [0.2, 0.25) is 0 Å². The maximum atomic E-state index is 5.96. The summed E-state index contributed by atoms with van der Waals surface area (Å²) in [6.07, 6.45) is 0.827. The van der Waals surface area contributed by atoms with Crippen molar-refractivity contribution in [2.75, 3.05) is 0 Å². The second kappa shape index (κ2) is 7.04. The van der Waals surface area contributed by atoms with Crippen molar-refractivity contribution in [2.45, 2.75) is 12.5 Å². The Kier molecular flexibility index (Phi) is 5.65. The van der Waals surface area contributed by atoms with Gasteiger partial charge in [0.1, 0.15) is 0 Å². The zero-order chi connectivity index (χ0) is 13.8. The number of rotatable bonds is 4. The smallest absolute Gasteiger partial charge is 0.0511 e. The molecule has 0 saturated carbocycles. The first-order chi connectivity index (χ1) is 9.10. The minimum Gasteiger partial charge on any atom is -0.271 e. The molecular weight excluding hydrogens is 438 g/mol. The lowest BCUT2D eigenvalue weighted by Crippen LogP contribution is -2.29. The van der Waals surface area contributed by atoms with Crippen molar-refractivity contribution < 1.29 is 0 Å². The maximum absolute atomic E-state index is 5.96. The number of nitrogens with one attached hydrogen (secondary N) is 1. The molecule has 0 fully saturated rings. The van der Waals surface area contributed by atoms with Crippen LogP contribution in [0.1, 0.15) is 17.2 Å². The predicted molar refractivity (Wildman–Crippen MR) is 92.1 cm³/mol. The molecule has 0 aliphatic rings. The standard InChI is InChI=1S/C14H13BrClIN2/c15-13-8-10(16)3-6-12(13)14(19-18)7-9-1-4-11(17)5-2-9/h1-6,8,14,19H,7,18H2. The predicted octanol–water partition coefficient (Wildman–Crippen LogP) is 4.45. The summed E-state index contributed by atoms with van der Waals surface area (Å²) in [6.45, 7) is 0. The molecule has 3 N–H and O–H groups in total. The Bertz CT molecular complexity index is 560. The van der Waals surface area contributed by atoms with E-state index in [1.807, 2.05) is 18.2 Å². The summed E-state index contributed by atoms with van der Waals surface area (Å²) in [5.41, 5.74) is 5.21. The molecule has 2 aromatic rings. The van der Waals surface area contributed by atoms with Crippen molar-refractivity contribution in [3.05, 3.63) is 66.7 Å². The van der Waals surface area contributed by atoms with Gasteiger partial charge < -0.3 is 0 Å². The Morgan fingerprint density at radius 2 is 1.89 bits per heavy atom. The van der Waals surface area contributed by atoms with Gasteiger partial charge in [-0.1, -0.05) is 45.7 Å². The highest BCUT2D eigenvalue weighted by Crippen LogP contribution is 2.28. The van der Waals surface area contributed by atoms with Crippen LogP contribution in [-0.2, 0) is 6.42 Å². The SMILES string of the molecule is NNC(Cc1ccc(I)cc1)c1ccc(Cl)cc1Br. The van der Waals surface area contributed by atoms with Crippen molar-refractivity contribution >= 4 is 50.1 Å². The van der Waals surface area contributed by atoms with Gasteiger partial charge in [-0.3, -0.25) is 11.3 Å².